The number of fused-ring (bicyclic) bond motifs is 2. The molecule has 11 heteroatoms. The molecule has 1 unspecified atom stereocenters. The van der Waals surface area contributed by atoms with Crippen molar-refractivity contribution in [3.63, 3.8) is 0 Å². The van der Waals surface area contributed by atoms with Crippen LogP contribution < -0.4 is 9.64 Å². The predicted molar refractivity (Wildman–Crippen MR) is 129 cm³/mol. The average molecular weight is 497 g/mol. The fraction of sp³-hybridized carbons (Fsp3) is 0.375. The van der Waals surface area contributed by atoms with E-state index in [2.05, 4.69) is 10.1 Å². The second kappa shape index (κ2) is 9.18. The van der Waals surface area contributed by atoms with Crippen molar-refractivity contribution in [3.8, 4) is 5.75 Å². The van der Waals surface area contributed by atoms with Gasteiger partial charge in [0, 0.05) is 31.9 Å². The Morgan fingerprint density at radius 1 is 1.23 bits per heavy atom. The molecule has 0 spiro atoms. The van der Waals surface area contributed by atoms with Crippen LogP contribution in [-0.2, 0) is 9.59 Å². The van der Waals surface area contributed by atoms with E-state index in [0.29, 0.717) is 34.2 Å². The molecule has 0 bridgehead atoms. The highest BCUT2D eigenvalue weighted by Gasteiger charge is 2.34. The molecule has 0 saturated carbocycles. The molecule has 0 aliphatic carbocycles. The first kappa shape index (κ1) is 23.1. The summed E-state index contributed by atoms with van der Waals surface area (Å²) in [4.78, 5) is 47.9. The highest BCUT2D eigenvalue weighted by atomic mass is 35.5. The molecule has 1 saturated heterocycles. The van der Waals surface area contributed by atoms with E-state index in [9.17, 15) is 14.4 Å². The monoisotopic (exact) mass is 496 g/mol. The summed E-state index contributed by atoms with van der Waals surface area (Å²) in [6, 6.07) is 6.58. The highest BCUT2D eigenvalue weighted by Crippen LogP contribution is 2.36. The zero-order valence-corrected chi connectivity index (χ0v) is 20.2. The van der Waals surface area contributed by atoms with Gasteiger partial charge in [-0.1, -0.05) is 11.6 Å². The summed E-state index contributed by atoms with van der Waals surface area (Å²) < 4.78 is 7.14. The third-order valence-corrected chi connectivity index (χ3v) is 6.62. The van der Waals surface area contributed by atoms with Gasteiger partial charge in [-0.05, 0) is 43.5 Å². The van der Waals surface area contributed by atoms with Gasteiger partial charge in [-0.3, -0.25) is 19.3 Å². The first-order valence-electron chi connectivity index (χ1n) is 11.4. The Morgan fingerprint density at radius 3 is 2.86 bits per heavy atom. The molecule has 1 fully saturated rings. The molecular formula is C24H25ClN6O4. The number of likely N-dealkylation sites (tertiary alicyclic amines) is 1. The molecule has 0 N–H and O–H groups in total. The SMILES string of the molecule is CN(C)C(=O)c1cnn2c(C3CCCCN3C(=O)CN3C(=O)COc4ccc(Cl)cc43)ccnc12. The van der Waals surface area contributed by atoms with Gasteiger partial charge in [0.25, 0.3) is 11.8 Å². The fourth-order valence-corrected chi connectivity index (χ4v) is 4.83. The van der Waals surface area contributed by atoms with E-state index in [-0.39, 0.29) is 36.9 Å². The van der Waals surface area contributed by atoms with Gasteiger partial charge in [0.2, 0.25) is 5.91 Å². The number of piperidine rings is 1. The number of halogens is 1. The van der Waals surface area contributed by atoms with Crippen LogP contribution in [-0.4, -0.2) is 75.9 Å². The maximum Gasteiger partial charge on any atom is 0.265 e. The van der Waals surface area contributed by atoms with Crippen molar-refractivity contribution in [1.29, 1.82) is 0 Å². The van der Waals surface area contributed by atoms with E-state index < -0.39 is 0 Å². The van der Waals surface area contributed by atoms with Crippen LogP contribution in [0.2, 0.25) is 5.02 Å². The number of nitrogens with zero attached hydrogens (tertiary/aromatic N) is 6. The molecule has 2 aliphatic rings. The van der Waals surface area contributed by atoms with E-state index in [4.69, 9.17) is 16.3 Å². The zero-order chi connectivity index (χ0) is 24.7. The number of carbonyl (C=O) groups is 3. The number of anilines is 1. The maximum absolute atomic E-state index is 13.6. The molecule has 4 heterocycles. The summed E-state index contributed by atoms with van der Waals surface area (Å²) in [6.07, 6.45) is 5.69. The molecule has 3 aromatic rings. The Hall–Kier alpha value is -3.66. The number of hydrogen-bond donors (Lipinski definition) is 0. The third-order valence-electron chi connectivity index (χ3n) is 6.39. The second-order valence-electron chi connectivity index (χ2n) is 8.84. The normalized spacial score (nSPS) is 17.8. The van der Waals surface area contributed by atoms with Crippen LogP contribution >= 0.6 is 11.6 Å². The Bertz CT molecular complexity index is 1320. The number of benzene rings is 1. The molecule has 2 aliphatic heterocycles. The zero-order valence-electron chi connectivity index (χ0n) is 19.5. The van der Waals surface area contributed by atoms with Crippen molar-refractivity contribution >= 4 is 40.7 Å². The first-order chi connectivity index (χ1) is 16.8. The number of aromatic nitrogens is 3. The van der Waals surface area contributed by atoms with Crippen molar-refractivity contribution in [2.75, 3.05) is 38.7 Å². The molecule has 1 atom stereocenters. The lowest BCUT2D eigenvalue weighted by Crippen LogP contribution is -2.48. The van der Waals surface area contributed by atoms with Crippen LogP contribution in [0.15, 0.2) is 36.7 Å². The Labute approximate surface area is 207 Å². The summed E-state index contributed by atoms with van der Waals surface area (Å²) in [5.74, 6) is -0.156. The minimum atomic E-state index is -0.299. The lowest BCUT2D eigenvalue weighted by atomic mass is 9.98. The van der Waals surface area contributed by atoms with Crippen molar-refractivity contribution < 1.29 is 19.1 Å². The topological polar surface area (TPSA) is 100 Å². The summed E-state index contributed by atoms with van der Waals surface area (Å²) >= 11 is 6.15. The standard InChI is InChI=1S/C24H25ClN6O4/c1-28(2)24(34)16-12-27-31-18(8-9-26-23(16)31)17-5-3-4-10-29(17)21(32)13-30-19-11-15(25)6-7-20(19)35-14-22(30)33/h6-9,11-12,17H,3-5,10,13-14H2,1-2H3. The summed E-state index contributed by atoms with van der Waals surface area (Å²) in [7, 11) is 3.35. The minimum absolute atomic E-state index is 0.121. The molecule has 2 aromatic heterocycles. The van der Waals surface area contributed by atoms with E-state index in [1.165, 1.54) is 16.0 Å². The first-order valence-corrected chi connectivity index (χ1v) is 11.8. The number of ether oxygens (including phenoxy) is 1. The quantitative estimate of drug-likeness (QED) is 0.550. The van der Waals surface area contributed by atoms with Crippen LogP contribution in [0.1, 0.15) is 41.4 Å². The molecule has 1 aromatic carbocycles. The van der Waals surface area contributed by atoms with Crippen molar-refractivity contribution in [2.24, 2.45) is 0 Å². The van der Waals surface area contributed by atoms with Crippen molar-refractivity contribution in [2.45, 2.75) is 25.3 Å². The summed E-state index contributed by atoms with van der Waals surface area (Å²) in [5.41, 5.74) is 2.11. The van der Waals surface area contributed by atoms with E-state index in [1.807, 2.05) is 6.07 Å². The van der Waals surface area contributed by atoms with Gasteiger partial charge < -0.3 is 14.5 Å². The maximum atomic E-state index is 13.6. The Morgan fingerprint density at radius 2 is 2.06 bits per heavy atom. The lowest BCUT2D eigenvalue weighted by molar-refractivity contribution is -0.135. The molecular weight excluding hydrogens is 472 g/mol. The van der Waals surface area contributed by atoms with Crippen molar-refractivity contribution in [1.82, 2.24) is 24.4 Å². The van der Waals surface area contributed by atoms with Gasteiger partial charge in [-0.15, -0.1) is 0 Å². The smallest absolute Gasteiger partial charge is 0.265 e. The Balaban J connectivity index is 1.46. The fourth-order valence-electron chi connectivity index (χ4n) is 4.67. The highest BCUT2D eigenvalue weighted by molar-refractivity contribution is 6.31. The van der Waals surface area contributed by atoms with E-state index in [1.54, 1.807) is 47.9 Å². The molecule has 35 heavy (non-hydrogen) atoms. The predicted octanol–water partition coefficient (Wildman–Crippen LogP) is 2.56. The number of rotatable bonds is 4. The molecule has 0 radical (unpaired) electrons. The largest absolute Gasteiger partial charge is 0.482 e. The van der Waals surface area contributed by atoms with Gasteiger partial charge in [-0.25, -0.2) is 9.50 Å². The van der Waals surface area contributed by atoms with Crippen LogP contribution in [0.5, 0.6) is 5.75 Å². The number of carbonyl (C=O) groups excluding carboxylic acids is 3. The lowest BCUT2D eigenvalue weighted by Gasteiger charge is -2.38. The summed E-state index contributed by atoms with van der Waals surface area (Å²) in [5, 5.41) is 4.89. The van der Waals surface area contributed by atoms with E-state index >= 15 is 0 Å². The molecule has 3 amide bonds. The molecule has 5 rings (SSSR count). The third kappa shape index (κ3) is 4.18. The number of hydrogen-bond acceptors (Lipinski definition) is 6. The van der Waals surface area contributed by atoms with E-state index in [0.717, 1.165) is 25.0 Å². The van der Waals surface area contributed by atoms with Crippen molar-refractivity contribution in [3.05, 3.63) is 52.9 Å². The number of amides is 3. The van der Waals surface area contributed by atoms with Gasteiger partial charge in [0.05, 0.1) is 23.6 Å². The van der Waals surface area contributed by atoms with Crippen LogP contribution in [0, 0.1) is 0 Å². The second-order valence-corrected chi connectivity index (χ2v) is 9.28. The van der Waals surface area contributed by atoms with Gasteiger partial charge in [0.1, 0.15) is 17.9 Å². The molecule has 10 nitrogen and oxygen atoms in total. The van der Waals surface area contributed by atoms with Gasteiger partial charge in [0.15, 0.2) is 12.3 Å². The van der Waals surface area contributed by atoms with Crippen LogP contribution in [0.25, 0.3) is 5.65 Å². The summed E-state index contributed by atoms with van der Waals surface area (Å²) in [6.45, 7) is 0.301. The molecule has 182 valence electrons. The van der Waals surface area contributed by atoms with Gasteiger partial charge in [-0.2, -0.15) is 5.10 Å². The Kier molecular flexibility index (Phi) is 6.06. The van der Waals surface area contributed by atoms with Crippen LogP contribution in [0.4, 0.5) is 5.69 Å². The average Bonchev–Trinajstić information content (AvgIpc) is 3.29. The van der Waals surface area contributed by atoms with Crippen LogP contribution in [0.3, 0.4) is 0 Å². The van der Waals surface area contributed by atoms with Gasteiger partial charge >= 0.3 is 0 Å². The minimum Gasteiger partial charge on any atom is -0.482 e.